The molecule has 0 fully saturated rings. The minimum absolute atomic E-state index is 0.604. The van der Waals surface area contributed by atoms with Crippen molar-refractivity contribution in [3.8, 4) is 11.5 Å². The third kappa shape index (κ3) is 1.95. The zero-order valence-electron chi connectivity index (χ0n) is 8.84. The van der Waals surface area contributed by atoms with E-state index in [-0.39, 0.29) is 0 Å². The van der Waals surface area contributed by atoms with Gasteiger partial charge in [0, 0.05) is 11.6 Å². The quantitative estimate of drug-likeness (QED) is 0.786. The van der Waals surface area contributed by atoms with Crippen molar-refractivity contribution in [2.45, 2.75) is 6.23 Å². The van der Waals surface area contributed by atoms with Gasteiger partial charge >= 0.3 is 6.09 Å². The van der Waals surface area contributed by atoms with Crippen LogP contribution in [-0.4, -0.2) is 20.3 Å². The Morgan fingerprint density at radius 2 is 1.81 bits per heavy atom. The predicted octanol–water partition coefficient (Wildman–Crippen LogP) is 2.30. The van der Waals surface area contributed by atoms with Crippen LogP contribution >= 0.6 is 0 Å². The molecule has 0 saturated heterocycles. The number of benzene rings is 1. The second-order valence-electron chi connectivity index (χ2n) is 3.10. The third-order valence-corrected chi connectivity index (χ3v) is 2.12. The van der Waals surface area contributed by atoms with Gasteiger partial charge in [-0.2, -0.15) is 0 Å². The van der Waals surface area contributed by atoms with E-state index in [1.807, 2.05) is 0 Å². The van der Waals surface area contributed by atoms with E-state index in [1.165, 1.54) is 0 Å². The van der Waals surface area contributed by atoms with E-state index in [0.29, 0.717) is 17.1 Å². The second kappa shape index (κ2) is 4.18. The van der Waals surface area contributed by atoms with E-state index in [4.69, 9.17) is 14.2 Å². The Hall–Kier alpha value is -2.11. The molecule has 6 heteroatoms. The van der Waals surface area contributed by atoms with Crippen LogP contribution in [0.4, 0.5) is 4.79 Å². The van der Waals surface area contributed by atoms with Crippen molar-refractivity contribution >= 4 is 6.09 Å². The highest BCUT2D eigenvalue weighted by Gasteiger charge is 2.23. The highest BCUT2D eigenvalue weighted by Crippen LogP contribution is 2.31. The average Bonchev–Trinajstić information content (AvgIpc) is 2.75. The molecule has 1 amide bonds. The summed E-state index contributed by atoms with van der Waals surface area (Å²) < 4.78 is 15.0. The van der Waals surface area contributed by atoms with Gasteiger partial charge in [0.25, 0.3) is 0 Å². The minimum atomic E-state index is -0.712. The van der Waals surface area contributed by atoms with Crippen molar-refractivity contribution in [2.24, 2.45) is 10.2 Å². The molecule has 0 saturated carbocycles. The summed E-state index contributed by atoms with van der Waals surface area (Å²) in [4.78, 5) is 10.8. The number of methoxy groups -OCH3 is 2. The molecule has 2 rings (SSSR count). The molecule has 6 nitrogen and oxygen atoms in total. The molecule has 1 aliphatic heterocycles. The molecule has 0 aromatic heterocycles. The summed E-state index contributed by atoms with van der Waals surface area (Å²) in [6.45, 7) is 0. The van der Waals surface area contributed by atoms with Gasteiger partial charge in [-0.25, -0.2) is 4.79 Å². The lowest BCUT2D eigenvalue weighted by atomic mass is 10.2. The number of hydrogen-bond donors (Lipinski definition) is 0. The first kappa shape index (κ1) is 10.4. The van der Waals surface area contributed by atoms with Crippen LogP contribution in [0.25, 0.3) is 0 Å². The van der Waals surface area contributed by atoms with Crippen LogP contribution in [0.2, 0.25) is 0 Å². The molecule has 0 bridgehead atoms. The highest BCUT2D eigenvalue weighted by atomic mass is 16.6. The van der Waals surface area contributed by atoms with Crippen LogP contribution in [0.1, 0.15) is 11.8 Å². The molecule has 1 aromatic carbocycles. The fourth-order valence-corrected chi connectivity index (χ4v) is 1.35. The van der Waals surface area contributed by atoms with Crippen molar-refractivity contribution in [3.63, 3.8) is 0 Å². The summed E-state index contributed by atoms with van der Waals surface area (Å²) >= 11 is 0. The number of cyclic esters (lactones) is 1. The smallest absolute Gasteiger partial charge is 0.454 e. The molecular formula is C10H10N2O4. The normalized spacial score (nSPS) is 18.4. The van der Waals surface area contributed by atoms with Crippen molar-refractivity contribution in [1.82, 2.24) is 0 Å². The Kier molecular flexibility index (Phi) is 2.72. The molecule has 84 valence electrons. The lowest BCUT2D eigenvalue weighted by molar-refractivity contribution is 0.132. The number of carbonyl (C=O) groups excluding carboxylic acids is 1. The summed E-state index contributed by atoms with van der Waals surface area (Å²) in [5.74, 6) is 1.21. The van der Waals surface area contributed by atoms with Gasteiger partial charge in [0.05, 0.1) is 14.2 Å². The standard InChI is InChI=1S/C10H10N2O4/c1-14-7-3-6(4-8(5-7)15-2)9-11-12-10(13)16-9/h3-5,9H,1-2H3/t9-/m1/s1. The Morgan fingerprint density at radius 3 is 2.25 bits per heavy atom. The van der Waals surface area contributed by atoms with Crippen molar-refractivity contribution in [2.75, 3.05) is 14.2 Å². The molecule has 0 N–H and O–H groups in total. The van der Waals surface area contributed by atoms with Gasteiger partial charge in [-0.3, -0.25) is 0 Å². The average molecular weight is 222 g/mol. The summed E-state index contributed by atoms with van der Waals surface area (Å²) in [6, 6.07) is 5.15. The minimum Gasteiger partial charge on any atom is -0.497 e. The Balaban J connectivity index is 2.33. The fraction of sp³-hybridized carbons (Fsp3) is 0.300. The first-order chi connectivity index (χ1) is 7.72. The third-order valence-electron chi connectivity index (χ3n) is 2.12. The van der Waals surface area contributed by atoms with Gasteiger partial charge in [0.1, 0.15) is 11.5 Å². The van der Waals surface area contributed by atoms with Gasteiger partial charge in [-0.15, -0.1) is 5.11 Å². The first-order valence-electron chi connectivity index (χ1n) is 4.57. The summed E-state index contributed by atoms with van der Waals surface area (Å²) in [5, 5.41) is 6.97. The number of carbonyl (C=O) groups is 1. The van der Waals surface area contributed by atoms with Gasteiger partial charge in [0.15, 0.2) is 0 Å². The Morgan fingerprint density at radius 1 is 1.19 bits per heavy atom. The predicted molar refractivity (Wildman–Crippen MR) is 53.6 cm³/mol. The molecule has 1 aromatic rings. The SMILES string of the molecule is COc1cc(OC)cc([C@@H]2N=NC(=O)O2)c1. The van der Waals surface area contributed by atoms with Crippen molar-refractivity contribution < 1.29 is 19.0 Å². The molecular weight excluding hydrogens is 212 g/mol. The topological polar surface area (TPSA) is 69.5 Å². The number of azo groups is 1. The van der Waals surface area contributed by atoms with Gasteiger partial charge in [0.2, 0.25) is 6.23 Å². The maximum Gasteiger partial charge on any atom is 0.454 e. The van der Waals surface area contributed by atoms with E-state index in [0.717, 1.165) is 0 Å². The second-order valence-corrected chi connectivity index (χ2v) is 3.10. The molecule has 16 heavy (non-hydrogen) atoms. The number of hydrogen-bond acceptors (Lipinski definition) is 5. The first-order valence-corrected chi connectivity index (χ1v) is 4.57. The van der Waals surface area contributed by atoms with E-state index in [2.05, 4.69) is 10.2 Å². The largest absolute Gasteiger partial charge is 0.497 e. The fourth-order valence-electron chi connectivity index (χ4n) is 1.35. The number of amides is 1. The van der Waals surface area contributed by atoms with E-state index in [1.54, 1.807) is 32.4 Å². The van der Waals surface area contributed by atoms with Crippen LogP contribution in [-0.2, 0) is 4.74 Å². The summed E-state index contributed by atoms with van der Waals surface area (Å²) in [6.07, 6.45) is -1.40. The Labute approximate surface area is 91.8 Å². The summed E-state index contributed by atoms with van der Waals surface area (Å²) in [7, 11) is 3.08. The monoisotopic (exact) mass is 222 g/mol. The molecule has 1 heterocycles. The zero-order chi connectivity index (χ0) is 11.5. The maximum atomic E-state index is 10.8. The van der Waals surface area contributed by atoms with E-state index in [9.17, 15) is 4.79 Å². The Bertz CT molecular complexity index is 422. The summed E-state index contributed by atoms with van der Waals surface area (Å²) in [5.41, 5.74) is 0.658. The highest BCUT2D eigenvalue weighted by molar-refractivity contribution is 5.69. The van der Waals surface area contributed by atoms with Gasteiger partial charge < -0.3 is 14.2 Å². The van der Waals surface area contributed by atoms with E-state index < -0.39 is 12.3 Å². The maximum absolute atomic E-state index is 10.8. The van der Waals surface area contributed by atoms with Gasteiger partial charge in [-0.1, -0.05) is 5.11 Å². The van der Waals surface area contributed by atoms with Crippen molar-refractivity contribution in [3.05, 3.63) is 23.8 Å². The van der Waals surface area contributed by atoms with Crippen LogP contribution in [0.3, 0.4) is 0 Å². The van der Waals surface area contributed by atoms with Gasteiger partial charge in [-0.05, 0) is 12.1 Å². The molecule has 0 spiro atoms. The number of rotatable bonds is 3. The number of nitrogens with zero attached hydrogens (tertiary/aromatic N) is 2. The molecule has 0 unspecified atom stereocenters. The van der Waals surface area contributed by atoms with Crippen LogP contribution in [0, 0.1) is 0 Å². The zero-order valence-corrected chi connectivity index (χ0v) is 8.84. The van der Waals surface area contributed by atoms with Crippen LogP contribution < -0.4 is 9.47 Å². The molecule has 1 aliphatic rings. The van der Waals surface area contributed by atoms with Crippen LogP contribution in [0.15, 0.2) is 28.4 Å². The van der Waals surface area contributed by atoms with Crippen molar-refractivity contribution in [1.29, 1.82) is 0 Å². The number of ether oxygens (including phenoxy) is 3. The lowest BCUT2D eigenvalue weighted by Crippen LogP contribution is -1.99. The van der Waals surface area contributed by atoms with Crippen LogP contribution in [0.5, 0.6) is 11.5 Å². The molecule has 1 atom stereocenters. The molecule has 0 aliphatic carbocycles. The van der Waals surface area contributed by atoms with E-state index >= 15 is 0 Å². The molecule has 0 radical (unpaired) electrons. The lowest BCUT2D eigenvalue weighted by Gasteiger charge is -2.10.